The maximum Gasteiger partial charge on any atom is 0.236 e. The lowest BCUT2D eigenvalue weighted by atomic mass is 10.1. The highest BCUT2D eigenvalue weighted by Gasteiger charge is 2.16. The number of hydrogen-bond donors (Lipinski definition) is 1. The zero-order valence-electron chi connectivity index (χ0n) is 8.70. The molecule has 0 spiro atoms. The third-order valence-corrected chi connectivity index (χ3v) is 2.47. The number of carbonyl (C=O) groups is 1. The van der Waals surface area contributed by atoms with Gasteiger partial charge in [0.05, 0.1) is 5.75 Å². The molecule has 0 aliphatic carbocycles. The molecular weight excluding hydrogens is 198 g/mol. The Morgan fingerprint density at radius 1 is 1.64 bits per heavy atom. The molecule has 1 aliphatic heterocycles. The second-order valence-electron chi connectivity index (χ2n) is 3.68. The molecule has 1 aliphatic rings. The predicted molar refractivity (Wildman–Crippen MR) is 60.6 cm³/mol. The SMILES string of the molecule is C/C(CC(C)C)=N\N=C1/NC(=O)CS1. The van der Waals surface area contributed by atoms with E-state index in [9.17, 15) is 4.79 Å². The van der Waals surface area contributed by atoms with E-state index in [1.54, 1.807) is 0 Å². The molecule has 5 heteroatoms. The molecule has 1 rings (SSSR count). The molecule has 78 valence electrons. The minimum Gasteiger partial charge on any atom is -0.303 e. The molecule has 1 N–H and O–H groups in total. The molecule has 1 heterocycles. The third kappa shape index (κ3) is 3.91. The Bertz CT molecular complexity index is 284. The minimum atomic E-state index is 0.00506. The van der Waals surface area contributed by atoms with Crippen LogP contribution in [0.3, 0.4) is 0 Å². The Labute approximate surface area is 88.2 Å². The number of amidine groups is 1. The van der Waals surface area contributed by atoms with Crippen LogP contribution in [0, 0.1) is 5.92 Å². The molecule has 14 heavy (non-hydrogen) atoms. The lowest BCUT2D eigenvalue weighted by Crippen LogP contribution is -2.19. The molecule has 4 nitrogen and oxygen atoms in total. The van der Waals surface area contributed by atoms with Gasteiger partial charge >= 0.3 is 0 Å². The van der Waals surface area contributed by atoms with Gasteiger partial charge in [0.15, 0.2) is 5.17 Å². The summed E-state index contributed by atoms with van der Waals surface area (Å²) in [4.78, 5) is 10.8. The maximum absolute atomic E-state index is 10.8. The van der Waals surface area contributed by atoms with Gasteiger partial charge in [-0.15, -0.1) is 5.10 Å². The van der Waals surface area contributed by atoms with Crippen LogP contribution >= 0.6 is 11.8 Å². The zero-order chi connectivity index (χ0) is 10.6. The molecule has 0 saturated carbocycles. The van der Waals surface area contributed by atoms with E-state index >= 15 is 0 Å². The summed E-state index contributed by atoms with van der Waals surface area (Å²) in [7, 11) is 0. The topological polar surface area (TPSA) is 53.8 Å². The fraction of sp³-hybridized carbons (Fsp3) is 0.667. The van der Waals surface area contributed by atoms with Crippen molar-refractivity contribution < 1.29 is 4.79 Å². The van der Waals surface area contributed by atoms with Gasteiger partial charge in [-0.2, -0.15) is 5.10 Å². The standard InChI is InChI=1S/C9H15N3OS/c1-6(2)4-7(3)11-12-9-10-8(13)5-14-9/h6H,4-5H2,1-3H3,(H,10,12,13)/b11-7+. The van der Waals surface area contributed by atoms with Gasteiger partial charge in [0.25, 0.3) is 0 Å². The number of hydrogen-bond acceptors (Lipinski definition) is 4. The zero-order valence-corrected chi connectivity index (χ0v) is 9.52. The van der Waals surface area contributed by atoms with Gasteiger partial charge in [-0.3, -0.25) is 4.79 Å². The Morgan fingerprint density at radius 2 is 2.36 bits per heavy atom. The van der Waals surface area contributed by atoms with Crippen LogP contribution in [-0.2, 0) is 4.79 Å². The second kappa shape index (κ2) is 5.14. The van der Waals surface area contributed by atoms with Crippen molar-refractivity contribution in [2.45, 2.75) is 27.2 Å². The summed E-state index contributed by atoms with van der Waals surface area (Å²) in [6.07, 6.45) is 0.940. The van der Waals surface area contributed by atoms with Crippen LogP contribution in [0.25, 0.3) is 0 Å². The maximum atomic E-state index is 10.8. The van der Waals surface area contributed by atoms with Crippen LogP contribution in [0.4, 0.5) is 0 Å². The average Bonchev–Trinajstić information content (AvgIpc) is 2.47. The van der Waals surface area contributed by atoms with Gasteiger partial charge < -0.3 is 5.32 Å². The minimum absolute atomic E-state index is 0.00506. The van der Waals surface area contributed by atoms with Crippen molar-refractivity contribution in [1.29, 1.82) is 0 Å². The molecule has 0 aromatic rings. The molecule has 0 atom stereocenters. The van der Waals surface area contributed by atoms with Crippen LogP contribution < -0.4 is 5.32 Å². The van der Waals surface area contributed by atoms with Gasteiger partial charge in [-0.25, -0.2) is 0 Å². The van der Waals surface area contributed by atoms with Crippen molar-refractivity contribution in [3.63, 3.8) is 0 Å². The number of thioether (sulfide) groups is 1. The largest absolute Gasteiger partial charge is 0.303 e. The van der Waals surface area contributed by atoms with Crippen molar-refractivity contribution in [3.8, 4) is 0 Å². The highest BCUT2D eigenvalue weighted by atomic mass is 32.2. The van der Waals surface area contributed by atoms with Crippen LogP contribution in [0.2, 0.25) is 0 Å². The fourth-order valence-electron chi connectivity index (χ4n) is 1.14. The monoisotopic (exact) mass is 213 g/mol. The summed E-state index contributed by atoms with van der Waals surface area (Å²) < 4.78 is 0. The smallest absolute Gasteiger partial charge is 0.236 e. The summed E-state index contributed by atoms with van der Waals surface area (Å²) in [5, 5.41) is 11.3. The molecule has 0 radical (unpaired) electrons. The summed E-state index contributed by atoms with van der Waals surface area (Å²) in [6.45, 7) is 6.22. The number of nitrogens with zero attached hydrogens (tertiary/aromatic N) is 2. The average molecular weight is 213 g/mol. The first kappa shape index (κ1) is 11.2. The summed E-state index contributed by atoms with van der Waals surface area (Å²) >= 11 is 1.39. The van der Waals surface area contributed by atoms with Crippen molar-refractivity contribution >= 4 is 28.5 Å². The van der Waals surface area contributed by atoms with E-state index in [4.69, 9.17) is 0 Å². The van der Waals surface area contributed by atoms with E-state index in [1.807, 2.05) is 6.92 Å². The van der Waals surface area contributed by atoms with E-state index in [1.165, 1.54) is 11.8 Å². The molecule has 0 bridgehead atoms. The van der Waals surface area contributed by atoms with E-state index in [0.29, 0.717) is 16.8 Å². The molecule has 1 fully saturated rings. The van der Waals surface area contributed by atoms with Gasteiger partial charge in [-0.1, -0.05) is 25.6 Å². The quantitative estimate of drug-likeness (QED) is 0.572. The highest BCUT2D eigenvalue weighted by molar-refractivity contribution is 8.15. The van der Waals surface area contributed by atoms with Gasteiger partial charge in [-0.05, 0) is 19.3 Å². The van der Waals surface area contributed by atoms with Crippen LogP contribution in [0.5, 0.6) is 0 Å². The van der Waals surface area contributed by atoms with E-state index < -0.39 is 0 Å². The Morgan fingerprint density at radius 3 is 2.86 bits per heavy atom. The van der Waals surface area contributed by atoms with Crippen molar-refractivity contribution in [1.82, 2.24) is 5.32 Å². The Kier molecular flexibility index (Phi) is 4.13. The van der Waals surface area contributed by atoms with Crippen LogP contribution in [0.1, 0.15) is 27.2 Å². The van der Waals surface area contributed by atoms with Gasteiger partial charge in [0, 0.05) is 5.71 Å². The number of rotatable bonds is 3. The molecule has 1 saturated heterocycles. The van der Waals surface area contributed by atoms with Crippen LogP contribution in [0.15, 0.2) is 10.2 Å². The molecular formula is C9H15N3OS. The highest BCUT2D eigenvalue weighted by Crippen LogP contribution is 2.09. The first-order valence-electron chi connectivity index (χ1n) is 4.61. The van der Waals surface area contributed by atoms with Gasteiger partial charge in [0.2, 0.25) is 5.91 Å². The first-order chi connectivity index (χ1) is 6.58. The van der Waals surface area contributed by atoms with Crippen molar-refractivity contribution in [2.75, 3.05) is 5.75 Å². The van der Waals surface area contributed by atoms with E-state index in [0.717, 1.165) is 12.1 Å². The lowest BCUT2D eigenvalue weighted by Gasteiger charge is -2.01. The summed E-state index contributed by atoms with van der Waals surface area (Å²) in [6, 6.07) is 0. The first-order valence-corrected chi connectivity index (χ1v) is 5.60. The summed E-state index contributed by atoms with van der Waals surface area (Å²) in [5.41, 5.74) is 0.995. The molecule has 0 unspecified atom stereocenters. The summed E-state index contributed by atoms with van der Waals surface area (Å²) in [5.74, 6) is 1.05. The second-order valence-corrected chi connectivity index (χ2v) is 4.64. The normalized spacial score (nSPS) is 20.7. The van der Waals surface area contributed by atoms with Crippen molar-refractivity contribution in [3.05, 3.63) is 0 Å². The van der Waals surface area contributed by atoms with E-state index in [2.05, 4.69) is 29.4 Å². The number of amides is 1. The predicted octanol–water partition coefficient (Wildman–Crippen LogP) is 1.63. The fourth-order valence-corrected chi connectivity index (χ4v) is 1.77. The number of carbonyl (C=O) groups excluding carboxylic acids is 1. The van der Waals surface area contributed by atoms with Crippen molar-refractivity contribution in [2.24, 2.45) is 16.1 Å². The lowest BCUT2D eigenvalue weighted by molar-refractivity contribution is -0.116. The number of nitrogens with one attached hydrogen (secondary N) is 1. The molecule has 0 aromatic heterocycles. The van der Waals surface area contributed by atoms with Crippen LogP contribution in [-0.4, -0.2) is 22.5 Å². The third-order valence-electron chi connectivity index (χ3n) is 1.60. The van der Waals surface area contributed by atoms with Gasteiger partial charge in [0.1, 0.15) is 0 Å². The molecule has 0 aromatic carbocycles. The molecule has 1 amide bonds. The Hall–Kier alpha value is -0.840. The Balaban J connectivity index is 2.48. The van der Waals surface area contributed by atoms with E-state index in [-0.39, 0.29) is 5.91 Å².